The minimum Gasteiger partial charge on any atom is -0.494 e. The number of benzene rings is 3. The van der Waals surface area contributed by atoms with Gasteiger partial charge in [0, 0.05) is 0 Å². The Morgan fingerprint density at radius 3 is 2.54 bits per heavy atom. The van der Waals surface area contributed by atoms with Crippen LogP contribution in [-0.4, -0.2) is 22.8 Å². The third-order valence-electron chi connectivity index (χ3n) is 4.37. The second-order valence-electron chi connectivity index (χ2n) is 6.48. The molecule has 2 N–H and O–H groups in total. The highest BCUT2D eigenvalue weighted by molar-refractivity contribution is 5.81. The van der Waals surface area contributed by atoms with Crippen molar-refractivity contribution < 1.29 is 4.74 Å². The fourth-order valence-corrected chi connectivity index (χ4v) is 2.93. The molecule has 5 heteroatoms. The fourth-order valence-electron chi connectivity index (χ4n) is 2.93. The van der Waals surface area contributed by atoms with Gasteiger partial charge in [-0.2, -0.15) is 5.10 Å². The number of hydrogen-bond acceptors (Lipinski definition) is 4. The molecule has 0 saturated carbocycles. The molecule has 1 aromatic heterocycles. The van der Waals surface area contributed by atoms with E-state index in [-0.39, 0.29) is 0 Å². The lowest BCUT2D eigenvalue weighted by atomic mass is 10.1. The van der Waals surface area contributed by atoms with Crippen LogP contribution in [0.2, 0.25) is 0 Å². The summed E-state index contributed by atoms with van der Waals surface area (Å²) in [4.78, 5) is 7.60. The number of fused-ring (bicyclic) bond motifs is 1. The molecule has 28 heavy (non-hydrogen) atoms. The number of nitrogens with zero attached hydrogens (tertiary/aromatic N) is 2. The van der Waals surface area contributed by atoms with E-state index in [2.05, 4.69) is 44.8 Å². The summed E-state index contributed by atoms with van der Waals surface area (Å²) in [6.07, 6.45) is 3.78. The number of hydrazone groups is 1. The van der Waals surface area contributed by atoms with Gasteiger partial charge in [-0.1, -0.05) is 42.5 Å². The number of aromatic nitrogens is 2. The maximum Gasteiger partial charge on any atom is 0.222 e. The highest BCUT2D eigenvalue weighted by Gasteiger charge is 2.00. The molecule has 0 atom stereocenters. The van der Waals surface area contributed by atoms with E-state index in [0.29, 0.717) is 12.6 Å². The first-order valence-corrected chi connectivity index (χ1v) is 9.37. The lowest BCUT2D eigenvalue weighted by Gasteiger charge is -2.06. The van der Waals surface area contributed by atoms with Crippen molar-refractivity contribution in [3.05, 3.63) is 90.0 Å². The van der Waals surface area contributed by atoms with E-state index >= 15 is 0 Å². The zero-order chi connectivity index (χ0) is 19.0. The van der Waals surface area contributed by atoms with E-state index in [9.17, 15) is 0 Å². The van der Waals surface area contributed by atoms with Crippen molar-refractivity contribution in [1.29, 1.82) is 0 Å². The summed E-state index contributed by atoms with van der Waals surface area (Å²) in [5, 5.41) is 4.24. The van der Waals surface area contributed by atoms with Gasteiger partial charge in [0.15, 0.2) is 0 Å². The van der Waals surface area contributed by atoms with E-state index in [4.69, 9.17) is 4.74 Å². The lowest BCUT2D eigenvalue weighted by Crippen LogP contribution is -1.99. The number of rotatable bonds is 8. The highest BCUT2D eigenvalue weighted by Crippen LogP contribution is 2.14. The Hall–Kier alpha value is -3.60. The van der Waals surface area contributed by atoms with Gasteiger partial charge in [-0.25, -0.2) is 10.4 Å². The Morgan fingerprint density at radius 2 is 1.71 bits per heavy atom. The van der Waals surface area contributed by atoms with Gasteiger partial charge in [0.05, 0.1) is 23.9 Å². The van der Waals surface area contributed by atoms with Crippen molar-refractivity contribution in [1.82, 2.24) is 9.97 Å². The number of para-hydroxylation sites is 2. The fraction of sp³-hybridized carbons (Fsp3) is 0.130. The predicted molar refractivity (Wildman–Crippen MR) is 114 cm³/mol. The first-order chi connectivity index (χ1) is 13.9. The summed E-state index contributed by atoms with van der Waals surface area (Å²) in [5.41, 5.74) is 7.15. The largest absolute Gasteiger partial charge is 0.494 e. The Morgan fingerprint density at radius 1 is 0.929 bits per heavy atom. The Labute approximate surface area is 164 Å². The highest BCUT2D eigenvalue weighted by atomic mass is 16.5. The molecule has 3 aromatic carbocycles. The smallest absolute Gasteiger partial charge is 0.222 e. The van der Waals surface area contributed by atoms with Crippen LogP contribution in [0.15, 0.2) is 84.0 Å². The molecule has 0 radical (unpaired) electrons. The van der Waals surface area contributed by atoms with Gasteiger partial charge in [0.1, 0.15) is 5.75 Å². The van der Waals surface area contributed by atoms with Crippen LogP contribution in [0.1, 0.15) is 17.5 Å². The lowest BCUT2D eigenvalue weighted by molar-refractivity contribution is 0.311. The number of hydrogen-bond donors (Lipinski definition) is 2. The third-order valence-corrected chi connectivity index (χ3v) is 4.37. The third kappa shape index (κ3) is 4.76. The zero-order valence-electron chi connectivity index (χ0n) is 15.5. The number of H-pyrrole nitrogens is 1. The van der Waals surface area contributed by atoms with Crippen LogP contribution in [0.4, 0.5) is 5.95 Å². The van der Waals surface area contributed by atoms with Crippen LogP contribution in [0.3, 0.4) is 0 Å². The maximum absolute atomic E-state index is 5.82. The van der Waals surface area contributed by atoms with Gasteiger partial charge in [0.25, 0.3) is 0 Å². The molecule has 0 spiro atoms. The molecule has 4 rings (SSSR count). The molecule has 0 aliphatic carbocycles. The van der Waals surface area contributed by atoms with Crippen molar-refractivity contribution in [2.45, 2.75) is 12.8 Å². The molecule has 4 aromatic rings. The summed E-state index contributed by atoms with van der Waals surface area (Å²) in [7, 11) is 0. The van der Waals surface area contributed by atoms with Crippen molar-refractivity contribution in [3.8, 4) is 5.75 Å². The first-order valence-electron chi connectivity index (χ1n) is 9.37. The molecule has 0 unspecified atom stereocenters. The standard InChI is InChI=1S/C23H22N4O/c1-2-7-18(8-3-1)9-6-16-28-20-14-12-19(13-15-20)17-24-27-23-25-21-10-4-5-11-22(21)26-23/h1-5,7-8,10-15,17H,6,9,16H2,(H2,25,26,27)/b24-17-. The van der Waals surface area contributed by atoms with Crippen LogP contribution >= 0.6 is 0 Å². The number of nitrogens with one attached hydrogen (secondary N) is 2. The van der Waals surface area contributed by atoms with E-state index in [1.807, 2.05) is 54.6 Å². The second-order valence-corrected chi connectivity index (χ2v) is 6.48. The maximum atomic E-state index is 5.82. The predicted octanol–water partition coefficient (Wildman–Crippen LogP) is 5.02. The minimum atomic E-state index is 0.621. The number of aryl methyl sites for hydroxylation is 1. The van der Waals surface area contributed by atoms with Crippen LogP contribution < -0.4 is 10.2 Å². The van der Waals surface area contributed by atoms with Crippen LogP contribution in [0, 0.1) is 0 Å². The molecule has 0 amide bonds. The van der Waals surface area contributed by atoms with Gasteiger partial charge in [-0.3, -0.25) is 0 Å². The van der Waals surface area contributed by atoms with Gasteiger partial charge in [-0.05, 0) is 60.4 Å². The topological polar surface area (TPSA) is 62.3 Å². The summed E-state index contributed by atoms with van der Waals surface area (Å²) >= 11 is 0. The average Bonchev–Trinajstić information content (AvgIpc) is 3.16. The summed E-state index contributed by atoms with van der Waals surface area (Å²) < 4.78 is 5.82. The second kappa shape index (κ2) is 8.86. The molecule has 0 bridgehead atoms. The van der Waals surface area contributed by atoms with Gasteiger partial charge in [0.2, 0.25) is 5.95 Å². The molecular weight excluding hydrogens is 348 g/mol. The van der Waals surface area contributed by atoms with Crippen LogP contribution in [-0.2, 0) is 6.42 Å². The monoisotopic (exact) mass is 370 g/mol. The van der Waals surface area contributed by atoms with Crippen molar-refractivity contribution in [3.63, 3.8) is 0 Å². The van der Waals surface area contributed by atoms with Crippen LogP contribution in [0.25, 0.3) is 11.0 Å². The Balaban J connectivity index is 1.24. The number of ether oxygens (including phenoxy) is 1. The molecule has 1 heterocycles. The van der Waals surface area contributed by atoms with E-state index in [0.717, 1.165) is 35.2 Å². The molecular formula is C23H22N4O. The number of anilines is 1. The summed E-state index contributed by atoms with van der Waals surface area (Å²) in [5.74, 6) is 1.49. The Bertz CT molecular complexity index is 1010. The van der Waals surface area contributed by atoms with E-state index in [1.165, 1.54) is 5.56 Å². The molecule has 0 saturated heterocycles. The van der Waals surface area contributed by atoms with Gasteiger partial charge < -0.3 is 9.72 Å². The van der Waals surface area contributed by atoms with Crippen molar-refractivity contribution >= 4 is 23.2 Å². The van der Waals surface area contributed by atoms with E-state index in [1.54, 1.807) is 6.21 Å². The molecule has 0 aliphatic rings. The summed E-state index contributed by atoms with van der Waals surface area (Å²) in [6.45, 7) is 0.704. The molecule has 0 fully saturated rings. The number of imidazole rings is 1. The molecule has 5 nitrogen and oxygen atoms in total. The van der Waals surface area contributed by atoms with Gasteiger partial charge in [-0.15, -0.1) is 0 Å². The SMILES string of the molecule is C(=N/Nc1nc2ccccc2[nH]1)/c1ccc(OCCCc2ccccc2)cc1. The Kier molecular flexibility index (Phi) is 5.63. The van der Waals surface area contributed by atoms with Crippen LogP contribution in [0.5, 0.6) is 5.75 Å². The van der Waals surface area contributed by atoms with E-state index < -0.39 is 0 Å². The molecule has 0 aliphatic heterocycles. The molecule has 140 valence electrons. The quantitative estimate of drug-likeness (QED) is 0.260. The van der Waals surface area contributed by atoms with Gasteiger partial charge >= 0.3 is 0 Å². The zero-order valence-corrected chi connectivity index (χ0v) is 15.5. The summed E-state index contributed by atoms with van der Waals surface area (Å²) in [6, 6.07) is 26.2. The average molecular weight is 370 g/mol. The normalized spacial score (nSPS) is 11.1. The van der Waals surface area contributed by atoms with Crippen molar-refractivity contribution in [2.75, 3.05) is 12.0 Å². The first kappa shape index (κ1) is 17.8. The number of aromatic amines is 1. The van der Waals surface area contributed by atoms with Crippen molar-refractivity contribution in [2.24, 2.45) is 5.10 Å². The minimum absolute atomic E-state index is 0.621.